The van der Waals surface area contributed by atoms with Gasteiger partial charge in [-0.1, -0.05) is 13.8 Å². The smallest absolute Gasteiger partial charge is 0.142 e. The standard InChI is InChI=1S/C11H19N3OS/c1-11(2,6-15)5-13-10-8(7-3-4-7)9(12)14-16-10/h7,13,15H,3-6H2,1-2H3,(H2,12,14). The van der Waals surface area contributed by atoms with Crippen LogP contribution >= 0.6 is 11.5 Å². The predicted molar refractivity (Wildman–Crippen MR) is 67.9 cm³/mol. The number of nitrogens with one attached hydrogen (secondary N) is 1. The van der Waals surface area contributed by atoms with Gasteiger partial charge in [-0.2, -0.15) is 4.37 Å². The summed E-state index contributed by atoms with van der Waals surface area (Å²) >= 11 is 1.43. The number of nitrogens with zero attached hydrogens (tertiary/aromatic N) is 1. The Morgan fingerprint density at radius 1 is 1.56 bits per heavy atom. The quantitative estimate of drug-likeness (QED) is 0.737. The summed E-state index contributed by atoms with van der Waals surface area (Å²) in [5, 5.41) is 13.6. The van der Waals surface area contributed by atoms with Crippen molar-refractivity contribution >= 4 is 22.4 Å². The largest absolute Gasteiger partial charge is 0.396 e. The molecule has 1 fully saturated rings. The van der Waals surface area contributed by atoms with Crippen molar-refractivity contribution in [2.45, 2.75) is 32.6 Å². The minimum Gasteiger partial charge on any atom is -0.396 e. The summed E-state index contributed by atoms with van der Waals surface area (Å²) in [6.07, 6.45) is 2.45. The Balaban J connectivity index is 2.04. The van der Waals surface area contributed by atoms with E-state index < -0.39 is 0 Å². The number of aromatic nitrogens is 1. The number of rotatable bonds is 5. The van der Waals surface area contributed by atoms with Crippen molar-refractivity contribution in [1.82, 2.24) is 4.37 Å². The van der Waals surface area contributed by atoms with Crippen LogP contribution in [0.15, 0.2) is 0 Å². The van der Waals surface area contributed by atoms with E-state index in [1.807, 2.05) is 13.8 Å². The van der Waals surface area contributed by atoms with E-state index in [0.29, 0.717) is 11.7 Å². The van der Waals surface area contributed by atoms with Crippen molar-refractivity contribution in [2.75, 3.05) is 24.2 Å². The lowest BCUT2D eigenvalue weighted by Gasteiger charge is -2.22. The van der Waals surface area contributed by atoms with Gasteiger partial charge in [0.2, 0.25) is 0 Å². The third-order valence-electron chi connectivity index (χ3n) is 2.90. The number of aliphatic hydroxyl groups excluding tert-OH is 1. The molecule has 0 aromatic carbocycles. The normalized spacial score (nSPS) is 16.4. The van der Waals surface area contributed by atoms with Crippen LogP contribution in [0.2, 0.25) is 0 Å². The maximum absolute atomic E-state index is 9.19. The second kappa shape index (κ2) is 4.22. The average Bonchev–Trinajstić information content (AvgIpc) is 3.01. The van der Waals surface area contributed by atoms with Gasteiger partial charge in [0.1, 0.15) is 10.8 Å². The van der Waals surface area contributed by atoms with Crippen LogP contribution in [0.5, 0.6) is 0 Å². The highest BCUT2D eigenvalue weighted by Gasteiger charge is 2.31. The average molecular weight is 241 g/mol. The van der Waals surface area contributed by atoms with Crippen molar-refractivity contribution in [2.24, 2.45) is 5.41 Å². The van der Waals surface area contributed by atoms with Crippen molar-refractivity contribution in [3.05, 3.63) is 5.56 Å². The summed E-state index contributed by atoms with van der Waals surface area (Å²) in [5.41, 5.74) is 6.95. The van der Waals surface area contributed by atoms with Crippen LogP contribution in [0.1, 0.15) is 38.2 Å². The third-order valence-corrected chi connectivity index (χ3v) is 3.73. The first-order chi connectivity index (χ1) is 7.53. The van der Waals surface area contributed by atoms with Crippen LogP contribution in [-0.4, -0.2) is 22.6 Å². The Morgan fingerprint density at radius 2 is 2.25 bits per heavy atom. The number of hydrogen-bond acceptors (Lipinski definition) is 5. The molecule has 0 atom stereocenters. The molecule has 2 rings (SSSR count). The van der Waals surface area contributed by atoms with Crippen LogP contribution in [0, 0.1) is 5.41 Å². The number of nitrogens with two attached hydrogens (primary N) is 1. The Hall–Kier alpha value is -0.810. The topological polar surface area (TPSA) is 71.2 Å². The Kier molecular flexibility index (Phi) is 3.08. The molecule has 4 nitrogen and oxygen atoms in total. The number of aliphatic hydroxyl groups is 1. The van der Waals surface area contributed by atoms with Crippen LogP contribution < -0.4 is 11.1 Å². The molecule has 90 valence electrons. The highest BCUT2D eigenvalue weighted by atomic mass is 32.1. The monoisotopic (exact) mass is 241 g/mol. The van der Waals surface area contributed by atoms with E-state index in [9.17, 15) is 5.11 Å². The second-order valence-corrected chi connectivity index (χ2v) is 6.03. The first-order valence-corrected chi connectivity index (χ1v) is 6.40. The van der Waals surface area contributed by atoms with Crippen LogP contribution in [0.4, 0.5) is 10.8 Å². The molecule has 1 heterocycles. The van der Waals surface area contributed by atoms with Gasteiger partial charge >= 0.3 is 0 Å². The maximum Gasteiger partial charge on any atom is 0.142 e. The molecule has 4 N–H and O–H groups in total. The zero-order chi connectivity index (χ0) is 11.8. The second-order valence-electron chi connectivity index (χ2n) is 5.26. The van der Waals surface area contributed by atoms with Crippen molar-refractivity contribution in [3.8, 4) is 0 Å². The molecule has 1 aliphatic rings. The molecule has 16 heavy (non-hydrogen) atoms. The van der Waals surface area contributed by atoms with E-state index in [-0.39, 0.29) is 12.0 Å². The van der Waals surface area contributed by atoms with Gasteiger partial charge in [-0.05, 0) is 30.3 Å². The van der Waals surface area contributed by atoms with Gasteiger partial charge in [-0.15, -0.1) is 0 Å². The maximum atomic E-state index is 9.19. The van der Waals surface area contributed by atoms with Crippen LogP contribution in [0.25, 0.3) is 0 Å². The molecule has 0 amide bonds. The van der Waals surface area contributed by atoms with Crippen LogP contribution in [-0.2, 0) is 0 Å². The fourth-order valence-corrected chi connectivity index (χ4v) is 2.37. The van der Waals surface area contributed by atoms with Crippen molar-refractivity contribution in [1.29, 1.82) is 0 Å². The predicted octanol–water partition coefficient (Wildman–Crippen LogP) is 2.03. The Morgan fingerprint density at radius 3 is 2.81 bits per heavy atom. The highest BCUT2D eigenvalue weighted by Crippen LogP contribution is 2.47. The van der Waals surface area contributed by atoms with E-state index in [2.05, 4.69) is 9.69 Å². The summed E-state index contributed by atoms with van der Waals surface area (Å²) in [4.78, 5) is 0. The minimum atomic E-state index is -0.112. The van der Waals surface area contributed by atoms with Crippen molar-refractivity contribution in [3.63, 3.8) is 0 Å². The zero-order valence-electron chi connectivity index (χ0n) is 9.79. The first kappa shape index (κ1) is 11.7. The van der Waals surface area contributed by atoms with Gasteiger partial charge in [-0.25, -0.2) is 0 Å². The third kappa shape index (κ3) is 2.47. The zero-order valence-corrected chi connectivity index (χ0v) is 10.6. The fourth-order valence-electron chi connectivity index (χ4n) is 1.58. The molecule has 5 heteroatoms. The van der Waals surface area contributed by atoms with Crippen molar-refractivity contribution < 1.29 is 5.11 Å². The molecule has 0 radical (unpaired) electrons. The van der Waals surface area contributed by atoms with E-state index in [1.54, 1.807) is 0 Å². The lowest BCUT2D eigenvalue weighted by molar-refractivity contribution is 0.171. The van der Waals surface area contributed by atoms with E-state index in [4.69, 9.17) is 5.73 Å². The molecular formula is C11H19N3OS. The molecule has 0 unspecified atom stereocenters. The number of hydrogen-bond donors (Lipinski definition) is 3. The molecule has 1 aromatic heterocycles. The van der Waals surface area contributed by atoms with Gasteiger partial charge in [0, 0.05) is 24.1 Å². The lowest BCUT2D eigenvalue weighted by atomic mass is 9.95. The van der Waals surface area contributed by atoms with Gasteiger partial charge in [-0.3, -0.25) is 0 Å². The molecule has 0 saturated heterocycles. The summed E-state index contributed by atoms with van der Waals surface area (Å²) in [5.74, 6) is 1.29. The number of nitrogen functional groups attached to an aromatic ring is 1. The minimum absolute atomic E-state index is 0.112. The molecule has 0 bridgehead atoms. The van der Waals surface area contributed by atoms with Gasteiger partial charge in [0.05, 0.1) is 0 Å². The lowest BCUT2D eigenvalue weighted by Crippen LogP contribution is -2.26. The molecule has 0 aliphatic heterocycles. The van der Waals surface area contributed by atoms with Crippen LogP contribution in [0.3, 0.4) is 0 Å². The summed E-state index contributed by atoms with van der Waals surface area (Å²) in [6, 6.07) is 0. The summed E-state index contributed by atoms with van der Waals surface area (Å²) in [7, 11) is 0. The Labute approximate surface area is 100 Å². The first-order valence-electron chi connectivity index (χ1n) is 5.63. The van der Waals surface area contributed by atoms with E-state index >= 15 is 0 Å². The molecule has 1 aromatic rings. The summed E-state index contributed by atoms with van der Waals surface area (Å²) < 4.78 is 4.20. The molecule has 0 spiro atoms. The number of anilines is 2. The highest BCUT2D eigenvalue weighted by molar-refractivity contribution is 7.10. The van der Waals surface area contributed by atoms with Gasteiger partial charge in [0.25, 0.3) is 0 Å². The molecule has 1 aliphatic carbocycles. The Bertz CT molecular complexity index is 371. The van der Waals surface area contributed by atoms with Gasteiger partial charge < -0.3 is 16.2 Å². The SMILES string of the molecule is CC(C)(CO)CNc1snc(N)c1C1CC1. The van der Waals surface area contributed by atoms with Gasteiger partial charge in [0.15, 0.2) is 0 Å². The summed E-state index contributed by atoms with van der Waals surface area (Å²) in [6.45, 7) is 4.97. The van der Waals surface area contributed by atoms with E-state index in [1.165, 1.54) is 29.9 Å². The molecule has 1 saturated carbocycles. The molecular weight excluding hydrogens is 222 g/mol. The fraction of sp³-hybridized carbons (Fsp3) is 0.727. The van der Waals surface area contributed by atoms with E-state index in [0.717, 1.165) is 11.5 Å².